The highest BCUT2D eigenvalue weighted by Crippen LogP contribution is 2.38. The van der Waals surface area contributed by atoms with E-state index in [1.54, 1.807) is 7.11 Å². The highest BCUT2D eigenvalue weighted by molar-refractivity contribution is 9.10. The van der Waals surface area contributed by atoms with E-state index in [-0.39, 0.29) is 0 Å². The van der Waals surface area contributed by atoms with E-state index < -0.39 is 0 Å². The molecule has 0 spiro atoms. The molecule has 3 nitrogen and oxygen atoms in total. The number of benzene rings is 1. The molecule has 0 aliphatic heterocycles. The first-order chi connectivity index (χ1) is 9.12. The van der Waals surface area contributed by atoms with E-state index in [9.17, 15) is 0 Å². The first-order valence-corrected chi connectivity index (χ1v) is 7.38. The van der Waals surface area contributed by atoms with Gasteiger partial charge in [0.2, 0.25) is 0 Å². The zero-order valence-electron chi connectivity index (χ0n) is 11.2. The number of hydrogen-bond donors (Lipinski definition) is 0. The molecule has 0 N–H and O–H groups in total. The van der Waals surface area contributed by atoms with Crippen LogP contribution in [0.5, 0.6) is 5.75 Å². The van der Waals surface area contributed by atoms with Crippen molar-refractivity contribution in [1.29, 1.82) is 0 Å². The standard InChI is InChI=1S/C14H16BrClN2O/c1-4-11-13(16)14(18(5-2)17-11)10-7-6-9(15)8-12(10)19-3/h6-8H,4-5H2,1-3H3. The number of ether oxygens (including phenoxy) is 1. The lowest BCUT2D eigenvalue weighted by Crippen LogP contribution is -2.00. The summed E-state index contributed by atoms with van der Waals surface area (Å²) >= 11 is 9.91. The summed E-state index contributed by atoms with van der Waals surface area (Å²) in [6.07, 6.45) is 0.817. The average molecular weight is 344 g/mol. The Balaban J connectivity index is 2.67. The highest BCUT2D eigenvalue weighted by Gasteiger charge is 2.19. The fraction of sp³-hybridized carbons (Fsp3) is 0.357. The van der Waals surface area contributed by atoms with Gasteiger partial charge in [-0.15, -0.1) is 0 Å². The van der Waals surface area contributed by atoms with Crippen molar-refractivity contribution >= 4 is 27.5 Å². The van der Waals surface area contributed by atoms with Crippen LogP contribution in [0, 0.1) is 0 Å². The molecule has 1 aromatic heterocycles. The summed E-state index contributed by atoms with van der Waals surface area (Å²) in [5.41, 5.74) is 2.80. The van der Waals surface area contributed by atoms with E-state index in [1.165, 1.54) is 0 Å². The first-order valence-electron chi connectivity index (χ1n) is 6.21. The number of hydrogen-bond acceptors (Lipinski definition) is 2. The third-order valence-corrected chi connectivity index (χ3v) is 3.90. The molecule has 0 unspecified atom stereocenters. The number of aromatic nitrogens is 2. The van der Waals surface area contributed by atoms with Crippen LogP contribution in [0.25, 0.3) is 11.3 Å². The van der Waals surface area contributed by atoms with E-state index in [1.807, 2.05) is 22.9 Å². The normalized spacial score (nSPS) is 10.8. The minimum absolute atomic E-state index is 0.713. The highest BCUT2D eigenvalue weighted by atomic mass is 79.9. The summed E-state index contributed by atoms with van der Waals surface area (Å²) in [5, 5.41) is 5.25. The molecule has 19 heavy (non-hydrogen) atoms. The Morgan fingerprint density at radius 3 is 2.68 bits per heavy atom. The van der Waals surface area contributed by atoms with Crippen molar-refractivity contribution in [2.24, 2.45) is 0 Å². The molecule has 0 saturated carbocycles. The zero-order chi connectivity index (χ0) is 14.0. The van der Waals surface area contributed by atoms with Gasteiger partial charge >= 0.3 is 0 Å². The fourth-order valence-corrected chi connectivity index (χ4v) is 2.77. The summed E-state index contributed by atoms with van der Waals surface area (Å²) in [4.78, 5) is 0. The summed E-state index contributed by atoms with van der Waals surface area (Å²) in [6.45, 7) is 4.88. The van der Waals surface area contributed by atoms with Crippen LogP contribution in [0.2, 0.25) is 5.02 Å². The first kappa shape index (κ1) is 14.4. The molecule has 0 fully saturated rings. The Kier molecular flexibility index (Phi) is 4.53. The summed E-state index contributed by atoms with van der Waals surface area (Å²) in [5.74, 6) is 0.786. The van der Waals surface area contributed by atoms with Crippen LogP contribution in [0.15, 0.2) is 22.7 Å². The molecular weight excluding hydrogens is 328 g/mol. The van der Waals surface area contributed by atoms with Crippen molar-refractivity contribution in [1.82, 2.24) is 9.78 Å². The third kappa shape index (κ3) is 2.65. The molecule has 0 atom stereocenters. The molecule has 0 bridgehead atoms. The van der Waals surface area contributed by atoms with Crippen molar-refractivity contribution in [2.45, 2.75) is 26.8 Å². The van der Waals surface area contributed by atoms with Crippen molar-refractivity contribution in [3.63, 3.8) is 0 Å². The molecule has 1 heterocycles. The van der Waals surface area contributed by atoms with Gasteiger partial charge in [-0.05, 0) is 31.5 Å². The maximum Gasteiger partial charge on any atom is 0.129 e. The minimum atomic E-state index is 0.713. The van der Waals surface area contributed by atoms with E-state index in [0.717, 1.165) is 40.1 Å². The number of nitrogens with zero attached hydrogens (tertiary/aromatic N) is 2. The van der Waals surface area contributed by atoms with Gasteiger partial charge in [0, 0.05) is 16.6 Å². The fourth-order valence-electron chi connectivity index (χ4n) is 2.06. The second-order valence-electron chi connectivity index (χ2n) is 4.12. The van der Waals surface area contributed by atoms with E-state index in [0.29, 0.717) is 5.02 Å². The number of methoxy groups -OCH3 is 1. The van der Waals surface area contributed by atoms with Crippen molar-refractivity contribution in [2.75, 3.05) is 7.11 Å². The van der Waals surface area contributed by atoms with Gasteiger partial charge in [0.1, 0.15) is 5.75 Å². The van der Waals surface area contributed by atoms with Crippen molar-refractivity contribution in [3.8, 4) is 17.0 Å². The lowest BCUT2D eigenvalue weighted by molar-refractivity contribution is 0.415. The molecule has 0 radical (unpaired) electrons. The Hall–Kier alpha value is -1.00. The van der Waals surface area contributed by atoms with Gasteiger partial charge in [-0.1, -0.05) is 34.5 Å². The molecule has 102 valence electrons. The van der Waals surface area contributed by atoms with Crippen LogP contribution < -0.4 is 4.74 Å². The van der Waals surface area contributed by atoms with Gasteiger partial charge in [0.05, 0.1) is 23.5 Å². The van der Waals surface area contributed by atoms with E-state index >= 15 is 0 Å². The number of halogens is 2. The molecule has 1 aromatic carbocycles. The number of rotatable bonds is 4. The van der Waals surface area contributed by atoms with Crippen LogP contribution in [0.4, 0.5) is 0 Å². The molecular formula is C14H16BrClN2O. The maximum absolute atomic E-state index is 6.46. The predicted molar refractivity (Wildman–Crippen MR) is 82.0 cm³/mol. The Labute approximate surface area is 126 Å². The van der Waals surface area contributed by atoms with Crippen LogP contribution in [0.1, 0.15) is 19.5 Å². The smallest absolute Gasteiger partial charge is 0.129 e. The van der Waals surface area contributed by atoms with E-state index in [2.05, 4.69) is 34.9 Å². The third-order valence-electron chi connectivity index (χ3n) is 3.01. The van der Waals surface area contributed by atoms with Crippen LogP contribution in [-0.4, -0.2) is 16.9 Å². The summed E-state index contributed by atoms with van der Waals surface area (Å²) < 4.78 is 8.35. The number of aryl methyl sites for hydroxylation is 2. The van der Waals surface area contributed by atoms with Gasteiger partial charge in [-0.2, -0.15) is 5.10 Å². The van der Waals surface area contributed by atoms with Gasteiger partial charge in [0.25, 0.3) is 0 Å². The van der Waals surface area contributed by atoms with Crippen LogP contribution in [-0.2, 0) is 13.0 Å². The molecule has 5 heteroatoms. The second-order valence-corrected chi connectivity index (χ2v) is 5.42. The summed E-state index contributed by atoms with van der Waals surface area (Å²) in [6, 6.07) is 5.91. The Morgan fingerprint density at radius 2 is 2.11 bits per heavy atom. The van der Waals surface area contributed by atoms with Gasteiger partial charge < -0.3 is 4.74 Å². The quantitative estimate of drug-likeness (QED) is 0.814. The van der Waals surface area contributed by atoms with Crippen LogP contribution in [0.3, 0.4) is 0 Å². The lowest BCUT2D eigenvalue weighted by atomic mass is 10.1. The van der Waals surface area contributed by atoms with Gasteiger partial charge in [0.15, 0.2) is 0 Å². The zero-order valence-corrected chi connectivity index (χ0v) is 13.5. The van der Waals surface area contributed by atoms with E-state index in [4.69, 9.17) is 16.3 Å². The molecule has 0 amide bonds. The lowest BCUT2D eigenvalue weighted by Gasteiger charge is -2.11. The SMILES string of the molecule is CCc1nn(CC)c(-c2ccc(Br)cc2OC)c1Cl. The van der Waals surface area contributed by atoms with Gasteiger partial charge in [-0.25, -0.2) is 0 Å². The summed E-state index contributed by atoms with van der Waals surface area (Å²) in [7, 11) is 1.66. The Bertz CT molecular complexity index is 595. The van der Waals surface area contributed by atoms with Gasteiger partial charge in [-0.3, -0.25) is 4.68 Å². The minimum Gasteiger partial charge on any atom is -0.496 e. The Morgan fingerprint density at radius 1 is 1.37 bits per heavy atom. The molecule has 0 aliphatic carbocycles. The average Bonchev–Trinajstić information content (AvgIpc) is 2.75. The maximum atomic E-state index is 6.46. The second kappa shape index (κ2) is 5.97. The monoisotopic (exact) mass is 342 g/mol. The molecule has 2 rings (SSSR count). The molecule has 0 saturated heterocycles. The molecule has 2 aromatic rings. The predicted octanol–water partition coefficient (Wildman–Crippen LogP) is 4.56. The van der Waals surface area contributed by atoms with Crippen molar-refractivity contribution < 1.29 is 4.74 Å². The van der Waals surface area contributed by atoms with Crippen LogP contribution >= 0.6 is 27.5 Å². The largest absolute Gasteiger partial charge is 0.496 e. The topological polar surface area (TPSA) is 27.1 Å². The van der Waals surface area contributed by atoms with Crippen molar-refractivity contribution in [3.05, 3.63) is 33.4 Å². The molecule has 0 aliphatic rings.